The van der Waals surface area contributed by atoms with Crippen molar-refractivity contribution in [3.05, 3.63) is 65.9 Å². The van der Waals surface area contributed by atoms with Crippen molar-refractivity contribution in [2.45, 2.75) is 6.54 Å². The van der Waals surface area contributed by atoms with Crippen molar-refractivity contribution in [2.24, 2.45) is 0 Å². The van der Waals surface area contributed by atoms with Crippen molar-refractivity contribution in [3.63, 3.8) is 0 Å². The van der Waals surface area contributed by atoms with Crippen LogP contribution in [0, 0.1) is 11.3 Å². The minimum atomic E-state index is 0.401. The largest absolute Gasteiger partial charge is 0.491 e. The van der Waals surface area contributed by atoms with Crippen LogP contribution in [0.3, 0.4) is 0 Å². The quantitative estimate of drug-likeness (QED) is 0.667. The van der Waals surface area contributed by atoms with Crippen LogP contribution in [0.25, 0.3) is 10.9 Å². The van der Waals surface area contributed by atoms with E-state index in [9.17, 15) is 5.26 Å². The number of pyridine rings is 1. The Morgan fingerprint density at radius 3 is 2.80 bits per heavy atom. The summed E-state index contributed by atoms with van der Waals surface area (Å²) in [4.78, 5) is 4.33. The highest BCUT2D eigenvalue weighted by molar-refractivity contribution is 5.91. The van der Waals surface area contributed by atoms with Gasteiger partial charge in [0, 0.05) is 24.7 Å². The topological polar surface area (TPSA) is 67.2 Å². The summed E-state index contributed by atoms with van der Waals surface area (Å²) in [5, 5.41) is 13.6. The van der Waals surface area contributed by atoms with Crippen molar-refractivity contribution < 1.29 is 9.47 Å². The minimum Gasteiger partial charge on any atom is -0.491 e. The van der Waals surface area contributed by atoms with Gasteiger partial charge >= 0.3 is 0 Å². The lowest BCUT2D eigenvalue weighted by Crippen LogP contribution is -2.05. The van der Waals surface area contributed by atoms with Gasteiger partial charge in [0.25, 0.3) is 0 Å². The molecule has 0 aliphatic rings. The monoisotopic (exact) mass is 333 g/mol. The standard InChI is InChI=1S/C20H19N3O2/c1-24-9-10-25-17-6-4-5-15(11-17)14-22-20-12-16(13-21)23-19-8-3-2-7-18(19)20/h2-8,11-12H,9-10,14H2,1H3,(H,22,23). The van der Waals surface area contributed by atoms with E-state index in [1.807, 2.05) is 48.5 Å². The third-order valence-corrected chi connectivity index (χ3v) is 3.77. The number of benzene rings is 2. The second-order valence-corrected chi connectivity index (χ2v) is 5.53. The molecule has 0 saturated carbocycles. The van der Waals surface area contributed by atoms with Crippen molar-refractivity contribution in [1.29, 1.82) is 5.26 Å². The van der Waals surface area contributed by atoms with E-state index in [-0.39, 0.29) is 0 Å². The summed E-state index contributed by atoms with van der Waals surface area (Å²) >= 11 is 0. The number of rotatable bonds is 7. The van der Waals surface area contributed by atoms with Crippen LogP contribution in [0.2, 0.25) is 0 Å². The Labute approximate surface area is 146 Å². The summed E-state index contributed by atoms with van der Waals surface area (Å²) in [6.07, 6.45) is 0. The highest BCUT2D eigenvalue weighted by atomic mass is 16.5. The molecule has 1 aromatic heterocycles. The lowest BCUT2D eigenvalue weighted by Gasteiger charge is -2.11. The summed E-state index contributed by atoms with van der Waals surface area (Å²) in [6, 6.07) is 19.6. The molecule has 5 nitrogen and oxygen atoms in total. The normalized spacial score (nSPS) is 10.4. The van der Waals surface area contributed by atoms with E-state index in [4.69, 9.17) is 9.47 Å². The van der Waals surface area contributed by atoms with Gasteiger partial charge in [0.15, 0.2) is 0 Å². The van der Waals surface area contributed by atoms with Gasteiger partial charge in [-0.15, -0.1) is 0 Å². The van der Waals surface area contributed by atoms with Gasteiger partial charge in [-0.1, -0.05) is 30.3 Å². The van der Waals surface area contributed by atoms with Crippen LogP contribution in [0.1, 0.15) is 11.3 Å². The number of hydrogen-bond donors (Lipinski definition) is 1. The van der Waals surface area contributed by atoms with Gasteiger partial charge in [-0.3, -0.25) is 0 Å². The molecule has 0 atom stereocenters. The van der Waals surface area contributed by atoms with Gasteiger partial charge in [0.05, 0.1) is 12.1 Å². The van der Waals surface area contributed by atoms with E-state index in [0.29, 0.717) is 25.5 Å². The first-order valence-electron chi connectivity index (χ1n) is 8.04. The molecule has 0 bridgehead atoms. The lowest BCUT2D eigenvalue weighted by molar-refractivity contribution is 0.146. The zero-order chi connectivity index (χ0) is 17.5. The maximum Gasteiger partial charge on any atom is 0.143 e. The number of aromatic nitrogens is 1. The highest BCUT2D eigenvalue weighted by Gasteiger charge is 2.05. The van der Waals surface area contributed by atoms with Crippen LogP contribution in [-0.4, -0.2) is 25.3 Å². The average Bonchev–Trinajstić information content (AvgIpc) is 2.66. The maximum absolute atomic E-state index is 9.18. The molecule has 25 heavy (non-hydrogen) atoms. The molecule has 0 radical (unpaired) electrons. The number of nitrogens with zero attached hydrogens (tertiary/aromatic N) is 2. The first-order chi connectivity index (χ1) is 12.3. The summed E-state index contributed by atoms with van der Waals surface area (Å²) in [7, 11) is 1.65. The molecular formula is C20H19N3O2. The zero-order valence-electron chi connectivity index (χ0n) is 14.0. The molecule has 1 N–H and O–H groups in total. The fourth-order valence-electron chi connectivity index (χ4n) is 2.56. The number of methoxy groups -OCH3 is 1. The first-order valence-corrected chi connectivity index (χ1v) is 8.04. The fourth-order valence-corrected chi connectivity index (χ4v) is 2.56. The Balaban J connectivity index is 1.77. The van der Waals surface area contributed by atoms with E-state index in [1.54, 1.807) is 13.2 Å². The number of para-hydroxylation sites is 1. The molecular weight excluding hydrogens is 314 g/mol. The number of anilines is 1. The third-order valence-electron chi connectivity index (χ3n) is 3.77. The van der Waals surface area contributed by atoms with Crippen LogP contribution in [0.15, 0.2) is 54.6 Å². The predicted octanol–water partition coefficient (Wildman–Crippen LogP) is 3.74. The average molecular weight is 333 g/mol. The Morgan fingerprint density at radius 1 is 1.08 bits per heavy atom. The van der Waals surface area contributed by atoms with Crippen LogP contribution >= 0.6 is 0 Å². The summed E-state index contributed by atoms with van der Waals surface area (Å²) < 4.78 is 10.6. The van der Waals surface area contributed by atoms with E-state index >= 15 is 0 Å². The first kappa shape index (κ1) is 16.7. The van der Waals surface area contributed by atoms with E-state index in [0.717, 1.165) is 27.9 Å². The number of nitriles is 1. The molecule has 0 fully saturated rings. The molecule has 1 heterocycles. The van der Waals surface area contributed by atoms with E-state index in [1.165, 1.54) is 0 Å². The molecule has 2 aromatic carbocycles. The summed E-state index contributed by atoms with van der Waals surface area (Å²) in [6.45, 7) is 1.71. The van der Waals surface area contributed by atoms with Crippen LogP contribution in [0.5, 0.6) is 5.75 Å². The minimum absolute atomic E-state index is 0.401. The number of hydrogen-bond acceptors (Lipinski definition) is 5. The number of fused-ring (bicyclic) bond motifs is 1. The van der Waals surface area contributed by atoms with Crippen molar-refractivity contribution in [3.8, 4) is 11.8 Å². The second kappa shape index (κ2) is 8.13. The fraction of sp³-hybridized carbons (Fsp3) is 0.200. The van der Waals surface area contributed by atoms with Crippen molar-refractivity contribution >= 4 is 16.6 Å². The summed E-state index contributed by atoms with van der Waals surface area (Å²) in [5.74, 6) is 0.814. The van der Waals surface area contributed by atoms with Gasteiger partial charge in [-0.2, -0.15) is 5.26 Å². The van der Waals surface area contributed by atoms with Gasteiger partial charge in [0.2, 0.25) is 0 Å². The van der Waals surface area contributed by atoms with E-state index < -0.39 is 0 Å². The molecule has 0 aliphatic carbocycles. The summed E-state index contributed by atoms with van der Waals surface area (Å²) in [5.41, 5.74) is 3.20. The van der Waals surface area contributed by atoms with Crippen LogP contribution < -0.4 is 10.1 Å². The van der Waals surface area contributed by atoms with Crippen molar-refractivity contribution in [2.75, 3.05) is 25.6 Å². The molecule has 0 saturated heterocycles. The number of ether oxygens (including phenoxy) is 2. The third kappa shape index (κ3) is 4.25. The molecule has 0 amide bonds. The molecule has 3 rings (SSSR count). The molecule has 0 aliphatic heterocycles. The molecule has 3 aromatic rings. The SMILES string of the molecule is COCCOc1cccc(CNc2cc(C#N)nc3ccccc23)c1. The Bertz CT molecular complexity index is 903. The van der Waals surface area contributed by atoms with E-state index in [2.05, 4.69) is 16.4 Å². The van der Waals surface area contributed by atoms with Crippen LogP contribution in [-0.2, 0) is 11.3 Å². The van der Waals surface area contributed by atoms with Gasteiger partial charge in [0.1, 0.15) is 24.1 Å². The molecule has 0 spiro atoms. The van der Waals surface area contributed by atoms with Gasteiger partial charge in [-0.05, 0) is 29.8 Å². The zero-order valence-corrected chi connectivity index (χ0v) is 14.0. The Morgan fingerprint density at radius 2 is 1.96 bits per heavy atom. The van der Waals surface area contributed by atoms with Crippen molar-refractivity contribution in [1.82, 2.24) is 4.98 Å². The smallest absolute Gasteiger partial charge is 0.143 e. The number of nitrogens with one attached hydrogen (secondary N) is 1. The Kier molecular flexibility index (Phi) is 5.45. The lowest BCUT2D eigenvalue weighted by atomic mass is 10.1. The van der Waals surface area contributed by atoms with Crippen LogP contribution in [0.4, 0.5) is 5.69 Å². The molecule has 5 heteroatoms. The molecule has 0 unspecified atom stereocenters. The molecule has 126 valence electrons. The maximum atomic E-state index is 9.18. The van der Waals surface area contributed by atoms with Gasteiger partial charge in [-0.25, -0.2) is 4.98 Å². The Hall–Kier alpha value is -3.10. The predicted molar refractivity (Wildman–Crippen MR) is 97.6 cm³/mol. The van der Waals surface area contributed by atoms with Gasteiger partial charge < -0.3 is 14.8 Å². The second-order valence-electron chi connectivity index (χ2n) is 5.53. The highest BCUT2D eigenvalue weighted by Crippen LogP contribution is 2.24.